The van der Waals surface area contributed by atoms with Crippen LogP contribution in [0.2, 0.25) is 0 Å². The van der Waals surface area contributed by atoms with E-state index in [1.54, 1.807) is 18.3 Å². The molecule has 0 bridgehead atoms. The Kier molecular flexibility index (Phi) is 5.13. The van der Waals surface area contributed by atoms with Crippen LogP contribution in [0.15, 0.2) is 52.0 Å². The van der Waals surface area contributed by atoms with Crippen LogP contribution in [0, 0.1) is 6.92 Å². The summed E-state index contributed by atoms with van der Waals surface area (Å²) in [4.78, 5) is 4.48. The summed E-state index contributed by atoms with van der Waals surface area (Å²) in [6.07, 6.45) is 1.66. The van der Waals surface area contributed by atoms with Gasteiger partial charge in [-0.1, -0.05) is 19.1 Å². The Labute approximate surface area is 134 Å². The van der Waals surface area contributed by atoms with Crippen molar-refractivity contribution in [1.82, 2.24) is 9.29 Å². The van der Waals surface area contributed by atoms with Crippen molar-refractivity contribution in [1.29, 1.82) is 0 Å². The standard InChI is InChI=1S/C15H17BrN2O2S/c1-3-18(11-13-6-4-5-9-17-13)21(19,20)15-8-7-12(2)10-14(15)16/h4-10H,3,11H2,1-2H3. The van der Waals surface area contributed by atoms with Crippen molar-refractivity contribution < 1.29 is 8.42 Å². The first-order valence-corrected chi connectivity index (χ1v) is 8.84. The molecule has 0 saturated heterocycles. The van der Waals surface area contributed by atoms with Crippen molar-refractivity contribution in [3.05, 3.63) is 58.3 Å². The zero-order valence-electron chi connectivity index (χ0n) is 12.0. The molecule has 112 valence electrons. The summed E-state index contributed by atoms with van der Waals surface area (Å²) < 4.78 is 27.5. The molecule has 0 fully saturated rings. The second kappa shape index (κ2) is 6.68. The van der Waals surface area contributed by atoms with E-state index in [0.29, 0.717) is 11.0 Å². The van der Waals surface area contributed by atoms with E-state index in [4.69, 9.17) is 0 Å². The Bertz CT molecular complexity index is 718. The largest absolute Gasteiger partial charge is 0.260 e. The lowest BCUT2D eigenvalue weighted by molar-refractivity contribution is 0.419. The Hall–Kier alpha value is -1.24. The average molecular weight is 369 g/mol. The van der Waals surface area contributed by atoms with Gasteiger partial charge < -0.3 is 0 Å². The lowest BCUT2D eigenvalue weighted by Crippen LogP contribution is -2.31. The van der Waals surface area contributed by atoms with Crippen molar-refractivity contribution >= 4 is 26.0 Å². The van der Waals surface area contributed by atoms with Gasteiger partial charge in [0.25, 0.3) is 0 Å². The van der Waals surface area contributed by atoms with Gasteiger partial charge in [-0.2, -0.15) is 4.31 Å². The molecular formula is C15H17BrN2O2S. The van der Waals surface area contributed by atoms with E-state index in [2.05, 4.69) is 20.9 Å². The van der Waals surface area contributed by atoms with Gasteiger partial charge in [0, 0.05) is 17.2 Å². The molecule has 0 spiro atoms. The quantitative estimate of drug-likeness (QED) is 0.812. The van der Waals surface area contributed by atoms with Gasteiger partial charge in [0.05, 0.1) is 17.1 Å². The molecule has 1 heterocycles. The molecule has 0 saturated carbocycles. The van der Waals surface area contributed by atoms with Gasteiger partial charge in [-0.05, 0) is 52.7 Å². The molecule has 0 unspecified atom stereocenters. The monoisotopic (exact) mass is 368 g/mol. The van der Waals surface area contributed by atoms with E-state index in [0.717, 1.165) is 11.3 Å². The van der Waals surface area contributed by atoms with Crippen LogP contribution in [0.25, 0.3) is 0 Å². The number of halogens is 1. The van der Waals surface area contributed by atoms with Crippen molar-refractivity contribution in [2.75, 3.05) is 6.54 Å². The number of aromatic nitrogens is 1. The topological polar surface area (TPSA) is 50.3 Å². The third kappa shape index (κ3) is 3.70. The van der Waals surface area contributed by atoms with Crippen LogP contribution in [-0.4, -0.2) is 24.3 Å². The highest BCUT2D eigenvalue weighted by molar-refractivity contribution is 9.10. The van der Waals surface area contributed by atoms with Gasteiger partial charge in [0.2, 0.25) is 10.0 Å². The second-order valence-electron chi connectivity index (χ2n) is 4.69. The highest BCUT2D eigenvalue weighted by Crippen LogP contribution is 2.26. The maximum absolute atomic E-state index is 12.8. The molecule has 0 N–H and O–H groups in total. The zero-order chi connectivity index (χ0) is 15.5. The summed E-state index contributed by atoms with van der Waals surface area (Å²) >= 11 is 3.34. The van der Waals surface area contributed by atoms with Crippen molar-refractivity contribution in [2.45, 2.75) is 25.3 Å². The normalized spacial score (nSPS) is 11.8. The van der Waals surface area contributed by atoms with Gasteiger partial charge in [0.1, 0.15) is 0 Å². The number of hydrogen-bond donors (Lipinski definition) is 0. The van der Waals surface area contributed by atoms with Crippen molar-refractivity contribution in [2.24, 2.45) is 0 Å². The Morgan fingerprint density at radius 1 is 1.24 bits per heavy atom. The Morgan fingerprint density at radius 3 is 2.57 bits per heavy atom. The zero-order valence-corrected chi connectivity index (χ0v) is 14.4. The number of aryl methyl sites for hydroxylation is 1. The lowest BCUT2D eigenvalue weighted by Gasteiger charge is -2.21. The van der Waals surface area contributed by atoms with Gasteiger partial charge >= 0.3 is 0 Å². The maximum Gasteiger partial charge on any atom is 0.244 e. The van der Waals surface area contributed by atoms with Crippen LogP contribution in [0.1, 0.15) is 18.2 Å². The fraction of sp³-hybridized carbons (Fsp3) is 0.267. The molecule has 21 heavy (non-hydrogen) atoms. The summed E-state index contributed by atoms with van der Waals surface area (Å²) in [7, 11) is -3.55. The van der Waals surface area contributed by atoms with E-state index in [-0.39, 0.29) is 11.4 Å². The van der Waals surface area contributed by atoms with Gasteiger partial charge in [-0.25, -0.2) is 8.42 Å². The summed E-state index contributed by atoms with van der Waals surface area (Å²) in [5.41, 5.74) is 1.74. The predicted molar refractivity (Wildman–Crippen MR) is 86.4 cm³/mol. The molecule has 0 atom stereocenters. The van der Waals surface area contributed by atoms with Crippen molar-refractivity contribution in [3.63, 3.8) is 0 Å². The molecule has 2 aromatic rings. The highest BCUT2D eigenvalue weighted by Gasteiger charge is 2.25. The molecule has 0 aliphatic rings. The minimum absolute atomic E-state index is 0.264. The Morgan fingerprint density at radius 2 is 2.00 bits per heavy atom. The van der Waals surface area contributed by atoms with E-state index < -0.39 is 10.0 Å². The minimum atomic E-state index is -3.55. The number of nitrogens with zero attached hydrogens (tertiary/aromatic N) is 2. The molecule has 4 nitrogen and oxygen atoms in total. The first-order valence-electron chi connectivity index (χ1n) is 6.61. The van der Waals surface area contributed by atoms with E-state index in [1.807, 2.05) is 38.1 Å². The number of sulfonamides is 1. The second-order valence-corrected chi connectivity index (χ2v) is 7.45. The SMILES string of the molecule is CCN(Cc1ccccn1)S(=O)(=O)c1ccc(C)cc1Br. The summed E-state index contributed by atoms with van der Waals surface area (Å²) in [5.74, 6) is 0. The molecule has 0 radical (unpaired) electrons. The fourth-order valence-corrected chi connectivity index (χ4v) is 4.57. The predicted octanol–water partition coefficient (Wildman–Crippen LogP) is 3.36. The van der Waals surface area contributed by atoms with Gasteiger partial charge in [-0.15, -0.1) is 0 Å². The van der Waals surface area contributed by atoms with Crippen LogP contribution in [0.4, 0.5) is 0 Å². The molecule has 6 heteroatoms. The summed E-state index contributed by atoms with van der Waals surface area (Å²) in [6.45, 7) is 4.40. The molecular weight excluding hydrogens is 352 g/mol. The van der Waals surface area contributed by atoms with Crippen LogP contribution < -0.4 is 0 Å². The lowest BCUT2D eigenvalue weighted by atomic mass is 10.2. The highest BCUT2D eigenvalue weighted by atomic mass is 79.9. The molecule has 1 aromatic heterocycles. The fourth-order valence-electron chi connectivity index (χ4n) is 1.99. The van der Waals surface area contributed by atoms with Gasteiger partial charge in [-0.3, -0.25) is 4.98 Å². The van der Waals surface area contributed by atoms with Crippen molar-refractivity contribution in [3.8, 4) is 0 Å². The third-order valence-electron chi connectivity index (χ3n) is 3.12. The number of pyridine rings is 1. The van der Waals surface area contributed by atoms with Crippen LogP contribution in [0.3, 0.4) is 0 Å². The van der Waals surface area contributed by atoms with Crippen LogP contribution in [-0.2, 0) is 16.6 Å². The van der Waals surface area contributed by atoms with E-state index in [1.165, 1.54) is 4.31 Å². The molecule has 0 aliphatic heterocycles. The number of benzene rings is 1. The molecule has 0 aliphatic carbocycles. The van der Waals surface area contributed by atoms with E-state index in [9.17, 15) is 8.42 Å². The first kappa shape index (κ1) is 16.1. The molecule has 0 amide bonds. The number of hydrogen-bond acceptors (Lipinski definition) is 3. The van der Waals surface area contributed by atoms with Crippen LogP contribution >= 0.6 is 15.9 Å². The Balaban J connectivity index is 2.36. The smallest absolute Gasteiger partial charge is 0.244 e. The summed E-state index contributed by atoms with van der Waals surface area (Å²) in [5, 5.41) is 0. The first-order chi connectivity index (χ1) is 9.95. The summed E-state index contributed by atoms with van der Waals surface area (Å²) in [6, 6.07) is 10.7. The van der Waals surface area contributed by atoms with Crippen LogP contribution in [0.5, 0.6) is 0 Å². The average Bonchev–Trinajstić information content (AvgIpc) is 2.45. The van der Waals surface area contributed by atoms with Gasteiger partial charge in [0.15, 0.2) is 0 Å². The molecule has 1 aromatic carbocycles. The minimum Gasteiger partial charge on any atom is -0.260 e. The van der Waals surface area contributed by atoms with E-state index >= 15 is 0 Å². The third-order valence-corrected chi connectivity index (χ3v) is 6.02. The maximum atomic E-state index is 12.8. The number of rotatable bonds is 5. The molecule has 2 rings (SSSR count).